The maximum absolute atomic E-state index is 12.2. The van der Waals surface area contributed by atoms with Crippen molar-refractivity contribution in [2.24, 2.45) is 0 Å². The van der Waals surface area contributed by atoms with Crippen molar-refractivity contribution >= 4 is 44.0 Å². The van der Waals surface area contributed by atoms with E-state index in [2.05, 4.69) is 0 Å². The third-order valence-corrected chi connectivity index (χ3v) is 6.40. The lowest BCUT2D eigenvalue weighted by molar-refractivity contribution is 0.611. The molecule has 6 heteroatoms. The molecule has 0 saturated carbocycles. The van der Waals surface area contributed by atoms with Crippen LogP contribution >= 0.6 is 0 Å². The maximum Gasteiger partial charge on any atom is 0.193 e. The molecular formula is C26H22O4S2. The van der Waals surface area contributed by atoms with Crippen LogP contribution in [0.15, 0.2) is 107 Å². The fourth-order valence-electron chi connectivity index (χ4n) is 2.63. The topological polar surface area (TPSA) is 68.3 Å². The molecule has 0 heterocycles. The first-order valence-corrected chi connectivity index (χ1v) is 13.0. The standard InChI is InChI=1S/C26H22O4S2/c27-31(28,19-15-23-7-3-1-4-8-23)21-17-25-11-13-26(14-12-25)18-22-32(29,30)20-16-24-9-5-2-6-10-24/h1-22H/b19-15-,20-16-,21-17+,22-18+. The fraction of sp³-hybridized carbons (Fsp3) is 0. The molecule has 3 rings (SSSR count). The van der Waals surface area contributed by atoms with E-state index in [4.69, 9.17) is 0 Å². The third kappa shape index (κ3) is 7.98. The summed E-state index contributed by atoms with van der Waals surface area (Å²) in [4.78, 5) is 0. The number of sulfone groups is 2. The van der Waals surface area contributed by atoms with Gasteiger partial charge in [0.1, 0.15) is 0 Å². The summed E-state index contributed by atoms with van der Waals surface area (Å²) in [5.41, 5.74) is 2.97. The predicted octanol–water partition coefficient (Wildman–Crippen LogP) is 5.80. The Morgan fingerprint density at radius 1 is 0.375 bits per heavy atom. The minimum Gasteiger partial charge on any atom is -0.220 e. The van der Waals surface area contributed by atoms with Crippen LogP contribution in [0.4, 0.5) is 0 Å². The van der Waals surface area contributed by atoms with Crippen molar-refractivity contribution in [2.45, 2.75) is 0 Å². The van der Waals surface area contributed by atoms with Gasteiger partial charge in [0.15, 0.2) is 19.7 Å². The molecule has 3 aromatic rings. The average molecular weight is 463 g/mol. The molecule has 0 saturated heterocycles. The van der Waals surface area contributed by atoms with Crippen LogP contribution in [0.25, 0.3) is 24.3 Å². The number of rotatable bonds is 8. The highest BCUT2D eigenvalue weighted by molar-refractivity contribution is 7.97. The van der Waals surface area contributed by atoms with E-state index in [1.807, 2.05) is 60.7 Å². The molecular weight excluding hydrogens is 440 g/mol. The Morgan fingerprint density at radius 2 is 0.625 bits per heavy atom. The van der Waals surface area contributed by atoms with Crippen LogP contribution in [0, 0.1) is 0 Å². The van der Waals surface area contributed by atoms with Crippen molar-refractivity contribution in [3.63, 3.8) is 0 Å². The van der Waals surface area contributed by atoms with Gasteiger partial charge in [0.05, 0.1) is 0 Å². The molecule has 0 spiro atoms. The lowest BCUT2D eigenvalue weighted by Crippen LogP contribution is -1.88. The highest BCUT2D eigenvalue weighted by Crippen LogP contribution is 2.12. The molecule has 0 aliphatic carbocycles. The van der Waals surface area contributed by atoms with Gasteiger partial charge in [0, 0.05) is 21.6 Å². The summed E-state index contributed by atoms with van der Waals surface area (Å²) in [6.07, 6.45) is 6.08. The summed E-state index contributed by atoms with van der Waals surface area (Å²) in [5, 5.41) is 4.58. The van der Waals surface area contributed by atoms with Crippen LogP contribution < -0.4 is 0 Å². The molecule has 0 atom stereocenters. The van der Waals surface area contributed by atoms with Gasteiger partial charge in [0.25, 0.3) is 0 Å². The van der Waals surface area contributed by atoms with Crippen LogP contribution in [-0.4, -0.2) is 16.8 Å². The van der Waals surface area contributed by atoms with Crippen LogP contribution in [0.3, 0.4) is 0 Å². The number of benzene rings is 3. The zero-order valence-corrected chi connectivity index (χ0v) is 18.8. The Balaban J connectivity index is 1.63. The first-order valence-electron chi connectivity index (χ1n) is 9.74. The summed E-state index contributed by atoms with van der Waals surface area (Å²) in [6, 6.07) is 25.2. The van der Waals surface area contributed by atoms with E-state index >= 15 is 0 Å². The van der Waals surface area contributed by atoms with Gasteiger partial charge in [-0.1, -0.05) is 84.9 Å². The van der Waals surface area contributed by atoms with E-state index in [1.54, 1.807) is 36.4 Å². The quantitative estimate of drug-likeness (QED) is 0.424. The highest BCUT2D eigenvalue weighted by Gasteiger charge is 2.01. The Morgan fingerprint density at radius 3 is 0.906 bits per heavy atom. The van der Waals surface area contributed by atoms with Crippen molar-refractivity contribution in [1.29, 1.82) is 0 Å². The molecule has 32 heavy (non-hydrogen) atoms. The molecule has 0 aliphatic heterocycles. The summed E-state index contributed by atoms with van der Waals surface area (Å²) in [7, 11) is -7.02. The van der Waals surface area contributed by atoms with Gasteiger partial charge in [-0.2, -0.15) is 0 Å². The zero-order valence-electron chi connectivity index (χ0n) is 17.2. The Hall–Kier alpha value is -3.48. The number of hydrogen-bond donors (Lipinski definition) is 0. The van der Waals surface area contributed by atoms with Crippen LogP contribution in [-0.2, 0) is 19.7 Å². The van der Waals surface area contributed by atoms with Crippen LogP contribution in [0.2, 0.25) is 0 Å². The smallest absolute Gasteiger partial charge is 0.193 e. The minimum absolute atomic E-state index is 0.686. The Labute approximate surface area is 189 Å². The van der Waals surface area contributed by atoms with Crippen molar-refractivity contribution in [3.05, 3.63) is 129 Å². The molecule has 0 bridgehead atoms. The summed E-state index contributed by atoms with van der Waals surface area (Å²) < 4.78 is 48.7. The lowest BCUT2D eigenvalue weighted by atomic mass is 10.1. The Kier molecular flexibility index (Phi) is 7.76. The van der Waals surface area contributed by atoms with Gasteiger partial charge >= 0.3 is 0 Å². The summed E-state index contributed by atoms with van der Waals surface area (Å²) in [5.74, 6) is 0. The zero-order chi connectivity index (χ0) is 22.9. The van der Waals surface area contributed by atoms with E-state index in [9.17, 15) is 16.8 Å². The SMILES string of the molecule is O=S(=O)(/C=C\c1ccccc1)/C=C/c1ccc(/C=C/S(=O)(=O)/C=C\c2ccccc2)cc1. The third-order valence-electron chi connectivity index (χ3n) is 4.34. The van der Waals surface area contributed by atoms with E-state index < -0.39 is 19.7 Å². The average Bonchev–Trinajstić information content (AvgIpc) is 2.81. The van der Waals surface area contributed by atoms with Gasteiger partial charge < -0.3 is 0 Å². The minimum atomic E-state index is -3.51. The van der Waals surface area contributed by atoms with E-state index in [0.717, 1.165) is 32.8 Å². The van der Waals surface area contributed by atoms with Crippen molar-refractivity contribution in [1.82, 2.24) is 0 Å². The van der Waals surface area contributed by atoms with E-state index in [-0.39, 0.29) is 0 Å². The van der Waals surface area contributed by atoms with E-state index in [0.29, 0.717) is 11.1 Å². The van der Waals surface area contributed by atoms with Gasteiger partial charge in [-0.3, -0.25) is 0 Å². The predicted molar refractivity (Wildman–Crippen MR) is 133 cm³/mol. The molecule has 4 nitrogen and oxygen atoms in total. The van der Waals surface area contributed by atoms with Gasteiger partial charge in [-0.05, 0) is 46.6 Å². The molecule has 0 N–H and O–H groups in total. The van der Waals surface area contributed by atoms with Crippen LogP contribution in [0.5, 0.6) is 0 Å². The molecule has 162 valence electrons. The second kappa shape index (κ2) is 10.7. The molecule has 3 aromatic carbocycles. The molecule has 0 radical (unpaired) electrons. The highest BCUT2D eigenvalue weighted by atomic mass is 32.2. The molecule has 0 unspecified atom stereocenters. The molecule has 0 aromatic heterocycles. The second-order valence-electron chi connectivity index (χ2n) is 6.88. The maximum atomic E-state index is 12.2. The number of hydrogen-bond acceptors (Lipinski definition) is 4. The molecule has 0 aliphatic rings. The summed E-state index contributed by atoms with van der Waals surface area (Å²) >= 11 is 0. The van der Waals surface area contributed by atoms with Crippen molar-refractivity contribution in [2.75, 3.05) is 0 Å². The first-order chi connectivity index (χ1) is 15.3. The summed E-state index contributed by atoms with van der Waals surface area (Å²) in [6.45, 7) is 0. The van der Waals surface area contributed by atoms with Crippen molar-refractivity contribution < 1.29 is 16.8 Å². The van der Waals surface area contributed by atoms with Gasteiger partial charge in [0.2, 0.25) is 0 Å². The Bertz CT molecular complexity index is 1240. The van der Waals surface area contributed by atoms with Gasteiger partial charge in [-0.15, -0.1) is 0 Å². The van der Waals surface area contributed by atoms with Gasteiger partial charge in [-0.25, -0.2) is 16.8 Å². The second-order valence-corrected chi connectivity index (χ2v) is 10.3. The van der Waals surface area contributed by atoms with E-state index in [1.165, 1.54) is 12.2 Å². The molecule has 0 amide bonds. The lowest BCUT2D eigenvalue weighted by Gasteiger charge is -1.97. The largest absolute Gasteiger partial charge is 0.220 e. The molecule has 0 fully saturated rings. The van der Waals surface area contributed by atoms with Crippen molar-refractivity contribution in [3.8, 4) is 0 Å². The fourth-order valence-corrected chi connectivity index (χ4v) is 4.20. The monoisotopic (exact) mass is 462 g/mol. The first kappa shape index (κ1) is 23.2. The normalized spacial score (nSPS) is 13.0. The van der Waals surface area contributed by atoms with Crippen LogP contribution in [0.1, 0.15) is 22.3 Å².